The van der Waals surface area contributed by atoms with Gasteiger partial charge >= 0.3 is 0 Å². The van der Waals surface area contributed by atoms with Crippen LogP contribution in [0.4, 0.5) is 0 Å². The number of aliphatic hydroxyl groups is 1. The molecule has 1 fully saturated rings. The molecule has 1 aliphatic rings. The Morgan fingerprint density at radius 2 is 2.14 bits per heavy atom. The lowest BCUT2D eigenvalue weighted by atomic mass is 9.78. The second kappa shape index (κ2) is 6.01. The molecule has 0 bridgehead atoms. The van der Waals surface area contributed by atoms with Crippen molar-refractivity contribution in [2.24, 2.45) is 5.41 Å². The average Bonchev–Trinajstić information content (AvgIpc) is 2.60. The van der Waals surface area contributed by atoms with Crippen molar-refractivity contribution < 1.29 is 9.90 Å². The molecule has 2 heterocycles. The predicted octanol–water partition coefficient (Wildman–Crippen LogP) is 2.25. The number of fused-ring (bicyclic) bond motifs is 1. The normalized spacial score (nSPS) is 22.0. The van der Waals surface area contributed by atoms with E-state index in [9.17, 15) is 9.90 Å². The molecule has 116 valence electrons. The third kappa shape index (κ3) is 2.68. The first-order chi connectivity index (χ1) is 10.7. The van der Waals surface area contributed by atoms with Crippen molar-refractivity contribution in [2.45, 2.75) is 26.2 Å². The molecule has 5 heteroatoms. The Kier molecular flexibility index (Phi) is 4.07. The van der Waals surface area contributed by atoms with Crippen molar-refractivity contribution in [2.75, 3.05) is 19.7 Å². The van der Waals surface area contributed by atoms with Crippen LogP contribution in [0.25, 0.3) is 11.0 Å². The second-order valence-corrected chi connectivity index (χ2v) is 6.09. The maximum atomic E-state index is 12.7. The van der Waals surface area contributed by atoms with Crippen molar-refractivity contribution in [1.82, 2.24) is 14.9 Å². The molecule has 0 spiro atoms. The van der Waals surface area contributed by atoms with E-state index in [1.807, 2.05) is 29.2 Å². The van der Waals surface area contributed by atoms with E-state index in [-0.39, 0.29) is 17.9 Å². The summed E-state index contributed by atoms with van der Waals surface area (Å²) in [6.45, 7) is 3.50. The van der Waals surface area contributed by atoms with Crippen LogP contribution in [0, 0.1) is 5.41 Å². The van der Waals surface area contributed by atoms with Crippen LogP contribution in [0.15, 0.2) is 30.5 Å². The lowest BCUT2D eigenvalue weighted by Gasteiger charge is -2.41. The van der Waals surface area contributed by atoms with Gasteiger partial charge in [0.15, 0.2) is 0 Å². The molecule has 1 aliphatic heterocycles. The SMILES string of the molecule is CCC1(CO)CCCN(C(=O)c2cnc3ccccc3n2)C1. The van der Waals surface area contributed by atoms with Crippen molar-refractivity contribution in [3.05, 3.63) is 36.2 Å². The van der Waals surface area contributed by atoms with Crippen LogP contribution in [0.2, 0.25) is 0 Å². The number of carbonyl (C=O) groups is 1. The van der Waals surface area contributed by atoms with Crippen molar-refractivity contribution in [3.8, 4) is 0 Å². The Morgan fingerprint density at radius 3 is 2.86 bits per heavy atom. The third-order valence-corrected chi connectivity index (χ3v) is 4.70. The van der Waals surface area contributed by atoms with Gasteiger partial charge in [0, 0.05) is 18.5 Å². The van der Waals surface area contributed by atoms with Gasteiger partial charge in [0.1, 0.15) is 5.69 Å². The van der Waals surface area contributed by atoms with Crippen LogP contribution in [0.1, 0.15) is 36.7 Å². The number of hydrogen-bond acceptors (Lipinski definition) is 4. The quantitative estimate of drug-likeness (QED) is 0.944. The molecule has 1 amide bonds. The molecule has 1 atom stereocenters. The minimum absolute atomic E-state index is 0.0933. The van der Waals surface area contributed by atoms with Gasteiger partial charge in [0.25, 0.3) is 5.91 Å². The Morgan fingerprint density at radius 1 is 1.36 bits per heavy atom. The fraction of sp³-hybridized carbons (Fsp3) is 0.471. The summed E-state index contributed by atoms with van der Waals surface area (Å²) in [6, 6.07) is 7.53. The van der Waals surface area contributed by atoms with Gasteiger partial charge in [-0.1, -0.05) is 19.1 Å². The van der Waals surface area contributed by atoms with Crippen LogP contribution in [0.3, 0.4) is 0 Å². The molecule has 0 aliphatic carbocycles. The number of hydrogen-bond donors (Lipinski definition) is 1. The summed E-state index contributed by atoms with van der Waals surface area (Å²) in [7, 11) is 0. The molecule has 0 saturated carbocycles. The number of piperidine rings is 1. The number of rotatable bonds is 3. The fourth-order valence-corrected chi connectivity index (χ4v) is 3.13. The first kappa shape index (κ1) is 14.9. The van der Waals surface area contributed by atoms with Crippen molar-refractivity contribution in [3.63, 3.8) is 0 Å². The number of para-hydroxylation sites is 2. The minimum atomic E-state index is -0.168. The summed E-state index contributed by atoms with van der Waals surface area (Å²) in [5.41, 5.74) is 1.73. The van der Waals surface area contributed by atoms with Gasteiger partial charge in [-0.15, -0.1) is 0 Å². The number of nitrogens with zero attached hydrogens (tertiary/aromatic N) is 3. The molecule has 1 unspecified atom stereocenters. The van der Waals surface area contributed by atoms with Gasteiger partial charge < -0.3 is 10.0 Å². The summed E-state index contributed by atoms with van der Waals surface area (Å²) in [6.07, 6.45) is 4.30. The van der Waals surface area contributed by atoms with E-state index in [0.717, 1.165) is 36.8 Å². The summed E-state index contributed by atoms with van der Waals surface area (Å²) >= 11 is 0. The van der Waals surface area contributed by atoms with Gasteiger partial charge in [0.05, 0.1) is 23.8 Å². The molecule has 0 radical (unpaired) electrons. The summed E-state index contributed by atoms with van der Waals surface area (Å²) in [5, 5.41) is 9.69. The van der Waals surface area contributed by atoms with Crippen LogP contribution in [-0.2, 0) is 0 Å². The summed E-state index contributed by atoms with van der Waals surface area (Å²) in [5.74, 6) is -0.0933. The Hall–Kier alpha value is -2.01. The minimum Gasteiger partial charge on any atom is -0.396 e. The van der Waals surface area contributed by atoms with Gasteiger partial charge in [-0.3, -0.25) is 9.78 Å². The molecular weight excluding hydrogens is 278 g/mol. The van der Waals surface area contributed by atoms with Gasteiger partial charge in [-0.05, 0) is 31.4 Å². The van der Waals surface area contributed by atoms with E-state index in [2.05, 4.69) is 16.9 Å². The number of aromatic nitrogens is 2. The highest BCUT2D eigenvalue weighted by Gasteiger charge is 2.35. The number of likely N-dealkylation sites (tertiary alicyclic amines) is 1. The number of benzene rings is 1. The van der Waals surface area contributed by atoms with Gasteiger partial charge in [-0.2, -0.15) is 0 Å². The van der Waals surface area contributed by atoms with E-state index in [0.29, 0.717) is 12.2 Å². The van der Waals surface area contributed by atoms with Gasteiger partial charge in [0.2, 0.25) is 0 Å². The standard InChI is InChI=1S/C17H21N3O2/c1-2-17(12-21)8-5-9-20(11-17)16(22)15-10-18-13-6-3-4-7-14(13)19-15/h3-4,6-7,10,21H,2,5,8-9,11-12H2,1H3. The van der Waals surface area contributed by atoms with Crippen LogP contribution in [-0.4, -0.2) is 45.6 Å². The number of aliphatic hydroxyl groups excluding tert-OH is 1. The summed E-state index contributed by atoms with van der Waals surface area (Å²) in [4.78, 5) is 23.3. The molecule has 1 aromatic heterocycles. The molecule has 2 aromatic rings. The third-order valence-electron chi connectivity index (χ3n) is 4.70. The van der Waals surface area contributed by atoms with Crippen molar-refractivity contribution in [1.29, 1.82) is 0 Å². The van der Waals surface area contributed by atoms with E-state index in [1.165, 1.54) is 0 Å². The highest BCUT2D eigenvalue weighted by molar-refractivity contribution is 5.93. The fourth-order valence-electron chi connectivity index (χ4n) is 3.13. The lowest BCUT2D eigenvalue weighted by molar-refractivity contribution is 0.0248. The van der Waals surface area contributed by atoms with E-state index < -0.39 is 0 Å². The van der Waals surface area contributed by atoms with Crippen LogP contribution < -0.4 is 0 Å². The van der Waals surface area contributed by atoms with E-state index in [4.69, 9.17) is 0 Å². The molecule has 22 heavy (non-hydrogen) atoms. The number of carbonyl (C=O) groups excluding carboxylic acids is 1. The molecular formula is C17H21N3O2. The van der Waals surface area contributed by atoms with Crippen molar-refractivity contribution >= 4 is 16.9 Å². The maximum Gasteiger partial charge on any atom is 0.274 e. The topological polar surface area (TPSA) is 66.3 Å². The van der Waals surface area contributed by atoms with E-state index >= 15 is 0 Å². The Balaban J connectivity index is 1.85. The zero-order valence-corrected chi connectivity index (χ0v) is 12.8. The molecule has 1 saturated heterocycles. The Bertz CT molecular complexity index is 682. The van der Waals surface area contributed by atoms with E-state index in [1.54, 1.807) is 6.20 Å². The highest BCUT2D eigenvalue weighted by Crippen LogP contribution is 2.33. The molecule has 3 rings (SSSR count). The van der Waals surface area contributed by atoms with Gasteiger partial charge in [-0.25, -0.2) is 4.98 Å². The van der Waals surface area contributed by atoms with Crippen LogP contribution >= 0.6 is 0 Å². The zero-order valence-electron chi connectivity index (χ0n) is 12.8. The number of amides is 1. The largest absolute Gasteiger partial charge is 0.396 e. The first-order valence-corrected chi connectivity index (χ1v) is 7.79. The Labute approximate surface area is 130 Å². The monoisotopic (exact) mass is 299 g/mol. The molecule has 5 nitrogen and oxygen atoms in total. The summed E-state index contributed by atoms with van der Waals surface area (Å²) < 4.78 is 0. The average molecular weight is 299 g/mol. The first-order valence-electron chi connectivity index (χ1n) is 7.79. The van der Waals surface area contributed by atoms with Crippen LogP contribution in [0.5, 0.6) is 0 Å². The zero-order chi connectivity index (χ0) is 15.6. The predicted molar refractivity (Wildman–Crippen MR) is 84.5 cm³/mol. The highest BCUT2D eigenvalue weighted by atomic mass is 16.3. The second-order valence-electron chi connectivity index (χ2n) is 6.09. The lowest BCUT2D eigenvalue weighted by Crippen LogP contribution is -2.47. The molecule has 1 aromatic carbocycles. The molecule has 1 N–H and O–H groups in total. The maximum absolute atomic E-state index is 12.7. The smallest absolute Gasteiger partial charge is 0.274 e.